The molecule has 24 heavy (non-hydrogen) atoms. The third-order valence-electron chi connectivity index (χ3n) is 3.70. The van der Waals surface area contributed by atoms with Crippen LogP contribution in [0.5, 0.6) is 0 Å². The summed E-state index contributed by atoms with van der Waals surface area (Å²) >= 11 is 0. The van der Waals surface area contributed by atoms with Crippen molar-refractivity contribution in [3.05, 3.63) is 53.4 Å². The second-order valence-corrected chi connectivity index (χ2v) is 6.03. The minimum atomic E-state index is 0.409. The average Bonchev–Trinajstić information content (AvgIpc) is 2.94. The van der Waals surface area contributed by atoms with Gasteiger partial charge in [-0.05, 0) is 37.0 Å². The quantitative estimate of drug-likeness (QED) is 0.709. The molecule has 0 bridgehead atoms. The Bertz CT molecular complexity index is 841. The van der Waals surface area contributed by atoms with Gasteiger partial charge in [0.15, 0.2) is 5.82 Å². The maximum atomic E-state index is 5.05. The van der Waals surface area contributed by atoms with Crippen LogP contribution in [0, 0.1) is 13.8 Å². The van der Waals surface area contributed by atoms with E-state index < -0.39 is 0 Å². The van der Waals surface area contributed by atoms with Gasteiger partial charge in [0.1, 0.15) is 11.6 Å². The summed E-state index contributed by atoms with van der Waals surface area (Å²) in [7, 11) is 0. The summed E-state index contributed by atoms with van der Waals surface area (Å²) in [6.45, 7) is 8.27. The average molecular weight is 323 g/mol. The maximum Gasteiger partial charge on any atom is 0.229 e. The molecule has 2 heterocycles. The van der Waals surface area contributed by atoms with Crippen LogP contribution in [-0.2, 0) is 0 Å². The third kappa shape index (κ3) is 3.53. The third-order valence-corrected chi connectivity index (χ3v) is 3.70. The van der Waals surface area contributed by atoms with Crippen molar-refractivity contribution in [1.29, 1.82) is 0 Å². The van der Waals surface area contributed by atoms with E-state index in [2.05, 4.69) is 64.7 Å². The Labute approximate surface area is 141 Å². The molecular formula is C18H21N5O. The molecule has 6 nitrogen and oxygen atoms in total. The number of rotatable bonds is 5. The van der Waals surface area contributed by atoms with E-state index in [0.717, 1.165) is 17.0 Å². The minimum Gasteiger partial charge on any atom is -0.360 e. The molecule has 0 aliphatic heterocycles. The molecule has 124 valence electrons. The highest BCUT2D eigenvalue weighted by Crippen LogP contribution is 2.29. The highest BCUT2D eigenvalue weighted by Gasteiger charge is 2.11. The Kier molecular flexibility index (Phi) is 4.46. The van der Waals surface area contributed by atoms with Gasteiger partial charge < -0.3 is 15.2 Å². The fourth-order valence-electron chi connectivity index (χ4n) is 2.50. The second kappa shape index (κ2) is 6.70. The SMILES string of the molecule is Cc1cc(Nc2ccnc(Nc3c(C)cccc3C(C)C)n2)no1. The van der Waals surface area contributed by atoms with E-state index in [1.54, 1.807) is 12.3 Å². The number of anilines is 4. The fourth-order valence-corrected chi connectivity index (χ4v) is 2.50. The standard InChI is InChI=1S/C18H21N5O/c1-11(2)14-7-5-6-12(3)17(14)22-18-19-9-8-15(21-18)20-16-10-13(4)24-23-16/h5-11H,1-4H3,(H2,19,20,21,22,23). The molecule has 2 N–H and O–H groups in total. The lowest BCUT2D eigenvalue weighted by molar-refractivity contribution is 0.400. The molecule has 0 spiro atoms. The lowest BCUT2D eigenvalue weighted by Gasteiger charge is -2.16. The molecule has 0 amide bonds. The summed E-state index contributed by atoms with van der Waals surface area (Å²) < 4.78 is 5.05. The Morgan fingerprint density at radius 1 is 1.04 bits per heavy atom. The van der Waals surface area contributed by atoms with Gasteiger partial charge in [0, 0.05) is 18.0 Å². The van der Waals surface area contributed by atoms with Crippen LogP contribution in [-0.4, -0.2) is 15.1 Å². The summed E-state index contributed by atoms with van der Waals surface area (Å²) in [5, 5.41) is 10.4. The van der Waals surface area contributed by atoms with E-state index in [1.165, 1.54) is 5.56 Å². The van der Waals surface area contributed by atoms with E-state index in [9.17, 15) is 0 Å². The first-order valence-corrected chi connectivity index (χ1v) is 7.93. The molecule has 0 unspecified atom stereocenters. The zero-order valence-electron chi connectivity index (χ0n) is 14.3. The van der Waals surface area contributed by atoms with Crippen molar-refractivity contribution in [3.63, 3.8) is 0 Å². The van der Waals surface area contributed by atoms with Crippen LogP contribution in [0.2, 0.25) is 0 Å². The Hall–Kier alpha value is -2.89. The molecule has 0 atom stereocenters. The summed E-state index contributed by atoms with van der Waals surface area (Å²) in [4.78, 5) is 8.82. The topological polar surface area (TPSA) is 75.9 Å². The van der Waals surface area contributed by atoms with Crippen molar-refractivity contribution >= 4 is 23.3 Å². The molecule has 0 aliphatic rings. The van der Waals surface area contributed by atoms with Crippen LogP contribution in [0.15, 0.2) is 41.1 Å². The van der Waals surface area contributed by atoms with Crippen molar-refractivity contribution in [2.75, 3.05) is 10.6 Å². The Balaban J connectivity index is 1.85. The van der Waals surface area contributed by atoms with Crippen LogP contribution < -0.4 is 10.6 Å². The van der Waals surface area contributed by atoms with Gasteiger partial charge in [0.05, 0.1) is 0 Å². The van der Waals surface area contributed by atoms with Crippen LogP contribution in [0.25, 0.3) is 0 Å². The van der Waals surface area contributed by atoms with Crippen molar-refractivity contribution < 1.29 is 4.52 Å². The van der Waals surface area contributed by atoms with Crippen molar-refractivity contribution in [3.8, 4) is 0 Å². The zero-order chi connectivity index (χ0) is 17.1. The number of benzene rings is 1. The number of hydrogen-bond donors (Lipinski definition) is 2. The van der Waals surface area contributed by atoms with Gasteiger partial charge in [-0.25, -0.2) is 4.98 Å². The normalized spacial score (nSPS) is 10.9. The molecule has 2 aromatic heterocycles. The summed E-state index contributed by atoms with van der Waals surface area (Å²) in [6, 6.07) is 9.88. The molecular weight excluding hydrogens is 302 g/mol. The number of para-hydroxylation sites is 1. The van der Waals surface area contributed by atoms with Crippen molar-refractivity contribution in [1.82, 2.24) is 15.1 Å². The first kappa shape index (κ1) is 16.0. The second-order valence-electron chi connectivity index (χ2n) is 6.03. The minimum absolute atomic E-state index is 0.409. The van der Waals surface area contributed by atoms with Gasteiger partial charge in [-0.15, -0.1) is 0 Å². The van der Waals surface area contributed by atoms with Crippen molar-refractivity contribution in [2.24, 2.45) is 0 Å². The first-order valence-electron chi connectivity index (χ1n) is 7.93. The predicted octanol–water partition coefficient (Wildman–Crippen LogP) is 4.69. The number of aromatic nitrogens is 3. The van der Waals surface area contributed by atoms with E-state index in [0.29, 0.717) is 23.5 Å². The fraction of sp³-hybridized carbons (Fsp3) is 0.278. The summed E-state index contributed by atoms with van der Waals surface area (Å²) in [5.41, 5.74) is 3.46. The van der Waals surface area contributed by atoms with Crippen LogP contribution in [0.4, 0.5) is 23.3 Å². The van der Waals surface area contributed by atoms with Gasteiger partial charge >= 0.3 is 0 Å². The van der Waals surface area contributed by atoms with Gasteiger partial charge in [-0.2, -0.15) is 4.98 Å². The number of aryl methyl sites for hydroxylation is 2. The Morgan fingerprint density at radius 2 is 1.88 bits per heavy atom. The molecule has 0 saturated carbocycles. The van der Waals surface area contributed by atoms with Crippen LogP contribution in [0.1, 0.15) is 36.7 Å². The van der Waals surface area contributed by atoms with Crippen LogP contribution >= 0.6 is 0 Å². The van der Waals surface area contributed by atoms with Gasteiger partial charge in [-0.1, -0.05) is 37.2 Å². The number of nitrogens with zero attached hydrogens (tertiary/aromatic N) is 3. The molecule has 3 rings (SSSR count). The molecule has 0 saturated heterocycles. The smallest absolute Gasteiger partial charge is 0.229 e. The highest BCUT2D eigenvalue weighted by molar-refractivity contribution is 5.65. The molecule has 0 aliphatic carbocycles. The Morgan fingerprint density at radius 3 is 2.58 bits per heavy atom. The molecule has 3 aromatic rings. The van der Waals surface area contributed by atoms with E-state index in [4.69, 9.17) is 4.52 Å². The van der Waals surface area contributed by atoms with Crippen molar-refractivity contribution in [2.45, 2.75) is 33.6 Å². The summed E-state index contributed by atoms with van der Waals surface area (Å²) in [6.07, 6.45) is 1.71. The lowest BCUT2D eigenvalue weighted by atomic mass is 9.98. The lowest BCUT2D eigenvalue weighted by Crippen LogP contribution is -2.04. The summed E-state index contributed by atoms with van der Waals surface area (Å²) in [5.74, 6) is 2.96. The monoisotopic (exact) mass is 323 g/mol. The van der Waals surface area contributed by atoms with Gasteiger partial charge in [0.2, 0.25) is 5.95 Å². The molecule has 0 fully saturated rings. The molecule has 1 aromatic carbocycles. The van der Waals surface area contributed by atoms with Gasteiger partial charge in [-0.3, -0.25) is 0 Å². The number of nitrogens with one attached hydrogen (secondary N) is 2. The van der Waals surface area contributed by atoms with E-state index >= 15 is 0 Å². The number of hydrogen-bond acceptors (Lipinski definition) is 6. The molecule has 0 radical (unpaired) electrons. The largest absolute Gasteiger partial charge is 0.360 e. The van der Waals surface area contributed by atoms with Gasteiger partial charge in [0.25, 0.3) is 0 Å². The molecule has 6 heteroatoms. The maximum absolute atomic E-state index is 5.05. The highest BCUT2D eigenvalue weighted by atomic mass is 16.5. The van der Waals surface area contributed by atoms with Crippen LogP contribution in [0.3, 0.4) is 0 Å². The first-order chi connectivity index (χ1) is 11.5. The van der Waals surface area contributed by atoms with E-state index in [1.807, 2.05) is 13.0 Å². The van der Waals surface area contributed by atoms with E-state index in [-0.39, 0.29) is 0 Å². The zero-order valence-corrected chi connectivity index (χ0v) is 14.3. The predicted molar refractivity (Wildman–Crippen MR) is 95.1 cm³/mol.